The molecule has 1 atom stereocenters. The lowest BCUT2D eigenvalue weighted by molar-refractivity contribution is -0.137. The molecule has 0 aliphatic carbocycles. The minimum atomic E-state index is 0.0233. The molecule has 2 aliphatic rings. The maximum Gasteiger partial charge on any atom is 0.239 e. The van der Waals surface area contributed by atoms with Crippen molar-refractivity contribution in [2.45, 2.75) is 51.1 Å². The summed E-state index contributed by atoms with van der Waals surface area (Å²) in [5.74, 6) is 1.84. The Morgan fingerprint density at radius 1 is 1.11 bits per heavy atom. The number of nitrogens with zero attached hydrogens (tertiary/aromatic N) is 5. The first-order chi connectivity index (χ1) is 13.2. The van der Waals surface area contributed by atoms with Gasteiger partial charge in [-0.05, 0) is 57.8 Å². The van der Waals surface area contributed by atoms with Crippen LogP contribution < -0.4 is 0 Å². The number of hydrogen-bond donors (Lipinski definition) is 0. The van der Waals surface area contributed by atoms with Crippen LogP contribution in [0.4, 0.5) is 0 Å². The number of aromatic nitrogens is 3. The Bertz CT molecular complexity index is 745. The summed E-state index contributed by atoms with van der Waals surface area (Å²) in [4.78, 5) is 26.3. The minimum absolute atomic E-state index is 0.0233. The molecule has 1 amide bonds. The van der Waals surface area contributed by atoms with E-state index in [9.17, 15) is 4.79 Å². The lowest BCUT2D eigenvalue weighted by Crippen LogP contribution is -2.48. The molecule has 2 aliphatic heterocycles. The van der Waals surface area contributed by atoms with Crippen molar-refractivity contribution >= 4 is 5.91 Å². The van der Waals surface area contributed by atoms with Crippen LogP contribution in [0, 0.1) is 0 Å². The molecule has 0 bridgehead atoms. The fourth-order valence-corrected chi connectivity index (χ4v) is 4.39. The molecule has 6 nitrogen and oxygen atoms in total. The van der Waals surface area contributed by atoms with Crippen LogP contribution >= 0.6 is 0 Å². The molecule has 2 saturated heterocycles. The Labute approximate surface area is 161 Å². The van der Waals surface area contributed by atoms with Gasteiger partial charge in [-0.1, -0.05) is 6.07 Å². The average Bonchev–Trinajstić information content (AvgIpc) is 3.40. The number of amides is 1. The van der Waals surface area contributed by atoms with Crippen molar-refractivity contribution in [3.8, 4) is 0 Å². The predicted molar refractivity (Wildman–Crippen MR) is 104 cm³/mol. The fraction of sp³-hybridized carbons (Fsp3) is 0.571. The van der Waals surface area contributed by atoms with Crippen LogP contribution in [0.2, 0.25) is 0 Å². The molecule has 2 aromatic rings. The lowest BCUT2D eigenvalue weighted by atomic mass is 9.95. The second-order valence-electron chi connectivity index (χ2n) is 7.75. The number of rotatable bonds is 5. The van der Waals surface area contributed by atoms with Gasteiger partial charge in [0, 0.05) is 37.6 Å². The molecule has 2 fully saturated rings. The van der Waals surface area contributed by atoms with E-state index in [0.717, 1.165) is 57.1 Å². The monoisotopic (exact) mass is 367 g/mol. The van der Waals surface area contributed by atoms with E-state index in [1.165, 1.54) is 12.8 Å². The Hall–Kier alpha value is -2.21. The van der Waals surface area contributed by atoms with Gasteiger partial charge in [-0.2, -0.15) is 0 Å². The van der Waals surface area contributed by atoms with E-state index in [1.807, 2.05) is 36.8 Å². The van der Waals surface area contributed by atoms with Gasteiger partial charge in [0.1, 0.15) is 5.82 Å². The highest BCUT2D eigenvalue weighted by molar-refractivity contribution is 5.81. The smallest absolute Gasteiger partial charge is 0.239 e. The first-order valence-electron chi connectivity index (χ1n) is 10.2. The zero-order valence-corrected chi connectivity index (χ0v) is 16.1. The van der Waals surface area contributed by atoms with Crippen LogP contribution in [0.1, 0.15) is 50.0 Å². The Morgan fingerprint density at radius 3 is 2.59 bits per heavy atom. The van der Waals surface area contributed by atoms with Crippen molar-refractivity contribution in [2.24, 2.45) is 0 Å². The number of likely N-dealkylation sites (tertiary alicyclic amines) is 2. The number of carbonyl (C=O) groups is 1. The predicted octanol–water partition coefficient (Wildman–Crippen LogP) is 2.52. The lowest BCUT2D eigenvalue weighted by Gasteiger charge is -2.35. The Balaban J connectivity index is 1.36. The summed E-state index contributed by atoms with van der Waals surface area (Å²) < 4.78 is 2.21. The van der Waals surface area contributed by atoms with Gasteiger partial charge in [0.25, 0.3) is 0 Å². The molecular weight excluding hydrogens is 338 g/mol. The van der Waals surface area contributed by atoms with Gasteiger partial charge >= 0.3 is 0 Å². The van der Waals surface area contributed by atoms with Crippen LogP contribution in [0.25, 0.3) is 0 Å². The van der Waals surface area contributed by atoms with Crippen molar-refractivity contribution < 1.29 is 4.79 Å². The summed E-state index contributed by atoms with van der Waals surface area (Å²) >= 11 is 0. The molecule has 0 N–H and O–H groups in total. The Morgan fingerprint density at radius 2 is 1.89 bits per heavy atom. The molecule has 4 rings (SSSR count). The topological polar surface area (TPSA) is 54.3 Å². The van der Waals surface area contributed by atoms with Crippen LogP contribution in [0.3, 0.4) is 0 Å². The van der Waals surface area contributed by atoms with E-state index in [4.69, 9.17) is 0 Å². The summed E-state index contributed by atoms with van der Waals surface area (Å²) in [6.45, 7) is 6.61. The second kappa shape index (κ2) is 8.21. The third kappa shape index (κ3) is 4.05. The fourth-order valence-electron chi connectivity index (χ4n) is 4.39. The van der Waals surface area contributed by atoms with E-state index in [0.29, 0.717) is 11.8 Å². The number of imidazole rings is 1. The van der Waals surface area contributed by atoms with Crippen molar-refractivity contribution in [3.63, 3.8) is 0 Å². The average molecular weight is 367 g/mol. The van der Waals surface area contributed by atoms with Gasteiger partial charge in [0.15, 0.2) is 0 Å². The number of carbonyl (C=O) groups excluding carboxylic acids is 1. The van der Waals surface area contributed by atoms with Crippen LogP contribution in [0.5, 0.6) is 0 Å². The van der Waals surface area contributed by atoms with Crippen molar-refractivity contribution in [2.75, 3.05) is 26.2 Å². The zero-order chi connectivity index (χ0) is 18.6. The van der Waals surface area contributed by atoms with Gasteiger partial charge in [-0.25, -0.2) is 4.98 Å². The largest absolute Gasteiger partial charge is 0.341 e. The number of hydrogen-bond acceptors (Lipinski definition) is 4. The highest BCUT2D eigenvalue weighted by atomic mass is 16.2. The van der Waals surface area contributed by atoms with E-state index >= 15 is 0 Å². The molecular formula is C21H29N5O. The molecule has 2 aromatic heterocycles. The van der Waals surface area contributed by atoms with Gasteiger partial charge < -0.3 is 9.47 Å². The summed E-state index contributed by atoms with van der Waals surface area (Å²) in [6.07, 6.45) is 10.2. The molecule has 0 radical (unpaired) electrons. The zero-order valence-electron chi connectivity index (χ0n) is 16.1. The van der Waals surface area contributed by atoms with Crippen molar-refractivity contribution in [1.82, 2.24) is 24.3 Å². The van der Waals surface area contributed by atoms with Gasteiger partial charge in [-0.3, -0.25) is 14.7 Å². The quantitative estimate of drug-likeness (QED) is 0.815. The van der Waals surface area contributed by atoms with Crippen molar-refractivity contribution in [1.29, 1.82) is 0 Å². The molecule has 27 heavy (non-hydrogen) atoms. The minimum Gasteiger partial charge on any atom is -0.341 e. The molecule has 0 spiro atoms. The van der Waals surface area contributed by atoms with E-state index < -0.39 is 0 Å². The van der Waals surface area contributed by atoms with Crippen LogP contribution in [-0.2, 0) is 11.3 Å². The first-order valence-corrected chi connectivity index (χ1v) is 10.2. The summed E-state index contributed by atoms with van der Waals surface area (Å²) in [7, 11) is 0. The van der Waals surface area contributed by atoms with Crippen molar-refractivity contribution in [3.05, 3.63) is 48.3 Å². The standard InChI is InChI=1S/C21H29N5O/c1-17(24-11-4-5-12-24)21(27)25-13-7-18(8-14-25)20-23-10-15-26(20)16-19-6-2-3-9-22-19/h2-3,6,9-10,15,17-18H,4-5,7-8,11-14,16H2,1H3/t17-/m1/s1. The molecule has 144 valence electrons. The van der Waals surface area contributed by atoms with Gasteiger partial charge in [-0.15, -0.1) is 0 Å². The maximum atomic E-state index is 12.8. The normalized spacial score (nSPS) is 20.1. The molecule has 0 saturated carbocycles. The summed E-state index contributed by atoms with van der Waals surface area (Å²) in [5.41, 5.74) is 1.05. The molecule has 0 aromatic carbocycles. The number of piperidine rings is 1. The van der Waals surface area contributed by atoms with E-state index in [2.05, 4.69) is 31.3 Å². The van der Waals surface area contributed by atoms with E-state index in [1.54, 1.807) is 0 Å². The van der Waals surface area contributed by atoms with Crippen LogP contribution in [0.15, 0.2) is 36.8 Å². The van der Waals surface area contributed by atoms with Gasteiger partial charge in [0.05, 0.1) is 18.3 Å². The van der Waals surface area contributed by atoms with Gasteiger partial charge in [0.2, 0.25) is 5.91 Å². The molecule has 0 unspecified atom stereocenters. The van der Waals surface area contributed by atoms with E-state index in [-0.39, 0.29) is 6.04 Å². The van der Waals surface area contributed by atoms with Crippen LogP contribution in [-0.4, -0.2) is 62.5 Å². The number of pyridine rings is 1. The third-order valence-electron chi connectivity index (χ3n) is 6.02. The first kappa shape index (κ1) is 18.2. The summed E-state index contributed by atoms with van der Waals surface area (Å²) in [5, 5.41) is 0. The Kier molecular flexibility index (Phi) is 5.53. The third-order valence-corrected chi connectivity index (χ3v) is 6.02. The second-order valence-corrected chi connectivity index (χ2v) is 7.75. The molecule has 4 heterocycles. The summed E-state index contributed by atoms with van der Waals surface area (Å²) in [6, 6.07) is 6.03. The molecule has 6 heteroatoms. The SMILES string of the molecule is C[C@H](C(=O)N1CCC(c2nccn2Cc2ccccn2)CC1)N1CCCC1. The highest BCUT2D eigenvalue weighted by Crippen LogP contribution is 2.28. The highest BCUT2D eigenvalue weighted by Gasteiger charge is 2.31. The maximum absolute atomic E-state index is 12.8.